The van der Waals surface area contributed by atoms with Crippen LogP contribution in [0.2, 0.25) is 0 Å². The number of rotatable bonds is 3. The molecule has 12 heavy (non-hydrogen) atoms. The van der Waals surface area contributed by atoms with Gasteiger partial charge >= 0.3 is 0 Å². The van der Waals surface area contributed by atoms with Crippen molar-refractivity contribution >= 4 is 0 Å². The molecule has 1 rings (SSSR count). The Labute approximate surface area is 74.8 Å². The Kier molecular flexibility index (Phi) is 3.30. The molecule has 0 amide bonds. The van der Waals surface area contributed by atoms with Gasteiger partial charge in [0.1, 0.15) is 0 Å². The van der Waals surface area contributed by atoms with Crippen molar-refractivity contribution in [3.05, 3.63) is 35.4 Å². The molecule has 66 valence electrons. The average Bonchev–Trinajstić information content (AvgIpc) is 2.09. The van der Waals surface area contributed by atoms with Crippen molar-refractivity contribution in [1.82, 2.24) is 5.32 Å². The van der Waals surface area contributed by atoms with Gasteiger partial charge in [-0.15, -0.1) is 0 Å². The molecule has 0 radical (unpaired) electrons. The first-order valence-corrected chi connectivity index (χ1v) is 4.46. The summed E-state index contributed by atoms with van der Waals surface area (Å²) in [6.45, 7) is 4.37. The zero-order valence-electron chi connectivity index (χ0n) is 8.09. The van der Waals surface area contributed by atoms with Crippen LogP contribution in [-0.2, 0) is 6.42 Å². The first-order valence-electron chi connectivity index (χ1n) is 4.46. The second kappa shape index (κ2) is 4.27. The van der Waals surface area contributed by atoms with E-state index < -0.39 is 0 Å². The molecule has 0 fully saturated rings. The van der Waals surface area contributed by atoms with E-state index in [4.69, 9.17) is 0 Å². The van der Waals surface area contributed by atoms with E-state index in [1.807, 2.05) is 7.05 Å². The summed E-state index contributed by atoms with van der Waals surface area (Å²) >= 11 is 0. The lowest BCUT2D eigenvalue weighted by Gasteiger charge is -2.11. The molecule has 1 N–H and O–H groups in total. The average molecular weight is 163 g/mol. The summed E-state index contributed by atoms with van der Waals surface area (Å²) in [5, 5.41) is 3.24. The van der Waals surface area contributed by atoms with Gasteiger partial charge in [-0.25, -0.2) is 0 Å². The Bertz CT molecular complexity index is 243. The predicted octanol–water partition coefficient (Wildman–Crippen LogP) is 2.15. The highest BCUT2D eigenvalue weighted by Crippen LogP contribution is 2.08. The lowest BCUT2D eigenvalue weighted by Crippen LogP contribution is -2.23. The van der Waals surface area contributed by atoms with E-state index in [-0.39, 0.29) is 0 Å². The Morgan fingerprint density at radius 3 is 2.58 bits per heavy atom. The van der Waals surface area contributed by atoms with Crippen LogP contribution in [0.5, 0.6) is 0 Å². The van der Waals surface area contributed by atoms with E-state index in [2.05, 4.69) is 43.4 Å². The fourth-order valence-corrected chi connectivity index (χ4v) is 1.27. The van der Waals surface area contributed by atoms with E-state index in [1.54, 1.807) is 0 Å². The van der Waals surface area contributed by atoms with Crippen molar-refractivity contribution < 1.29 is 0 Å². The standard InChI is InChI=1S/C11H17N/c1-9-6-4-5-7-11(9)8-10(2)12-3/h4-7,10,12H,8H2,1-3H3/t10-/m1/s1. The maximum atomic E-state index is 3.24. The van der Waals surface area contributed by atoms with E-state index in [0.717, 1.165) is 6.42 Å². The zero-order chi connectivity index (χ0) is 8.97. The lowest BCUT2D eigenvalue weighted by atomic mass is 10.0. The molecule has 0 aliphatic rings. The fraction of sp³-hybridized carbons (Fsp3) is 0.455. The van der Waals surface area contributed by atoms with Gasteiger partial charge in [0.15, 0.2) is 0 Å². The van der Waals surface area contributed by atoms with Crippen molar-refractivity contribution in [2.75, 3.05) is 7.05 Å². The quantitative estimate of drug-likeness (QED) is 0.720. The van der Waals surface area contributed by atoms with Gasteiger partial charge in [-0.2, -0.15) is 0 Å². The van der Waals surface area contributed by atoms with Crippen LogP contribution in [0, 0.1) is 6.92 Å². The summed E-state index contributed by atoms with van der Waals surface area (Å²) in [5.74, 6) is 0. The van der Waals surface area contributed by atoms with Gasteiger partial charge in [0.05, 0.1) is 0 Å². The van der Waals surface area contributed by atoms with Gasteiger partial charge in [0.2, 0.25) is 0 Å². The summed E-state index contributed by atoms with van der Waals surface area (Å²) in [7, 11) is 2.00. The van der Waals surface area contributed by atoms with Crippen LogP contribution >= 0.6 is 0 Å². The minimum atomic E-state index is 0.561. The van der Waals surface area contributed by atoms with E-state index in [1.165, 1.54) is 11.1 Å². The molecule has 1 atom stereocenters. The van der Waals surface area contributed by atoms with Crippen LogP contribution in [0.1, 0.15) is 18.1 Å². The molecule has 1 aromatic carbocycles. The largest absolute Gasteiger partial charge is 0.317 e. The molecule has 0 unspecified atom stereocenters. The van der Waals surface area contributed by atoms with E-state index in [0.29, 0.717) is 6.04 Å². The molecule has 1 nitrogen and oxygen atoms in total. The van der Waals surface area contributed by atoms with Crippen LogP contribution < -0.4 is 5.32 Å². The van der Waals surface area contributed by atoms with Crippen molar-refractivity contribution in [2.45, 2.75) is 26.3 Å². The maximum absolute atomic E-state index is 3.24. The number of hydrogen-bond donors (Lipinski definition) is 1. The predicted molar refractivity (Wildman–Crippen MR) is 53.4 cm³/mol. The monoisotopic (exact) mass is 163 g/mol. The maximum Gasteiger partial charge on any atom is 0.00762 e. The van der Waals surface area contributed by atoms with Gasteiger partial charge in [-0.3, -0.25) is 0 Å². The third-order valence-electron chi connectivity index (χ3n) is 2.28. The summed E-state index contributed by atoms with van der Waals surface area (Å²) in [6.07, 6.45) is 1.11. The molecule has 0 saturated carbocycles. The van der Waals surface area contributed by atoms with Crippen LogP contribution in [0.25, 0.3) is 0 Å². The number of likely N-dealkylation sites (N-methyl/N-ethyl adjacent to an activating group) is 1. The zero-order valence-corrected chi connectivity index (χ0v) is 8.09. The summed E-state index contributed by atoms with van der Waals surface area (Å²) in [4.78, 5) is 0. The number of benzene rings is 1. The highest BCUT2D eigenvalue weighted by Gasteiger charge is 2.01. The molecule has 1 heteroatoms. The topological polar surface area (TPSA) is 12.0 Å². The highest BCUT2D eigenvalue weighted by molar-refractivity contribution is 5.26. The summed E-state index contributed by atoms with van der Waals surface area (Å²) < 4.78 is 0. The van der Waals surface area contributed by atoms with Crippen molar-refractivity contribution in [1.29, 1.82) is 0 Å². The van der Waals surface area contributed by atoms with Crippen LogP contribution in [0.4, 0.5) is 0 Å². The summed E-state index contributed by atoms with van der Waals surface area (Å²) in [5.41, 5.74) is 2.83. The molecule has 0 aliphatic heterocycles. The molecule has 0 saturated heterocycles. The minimum absolute atomic E-state index is 0.561. The van der Waals surface area contributed by atoms with Gasteiger partial charge < -0.3 is 5.32 Å². The molecule has 0 heterocycles. The Morgan fingerprint density at radius 2 is 2.00 bits per heavy atom. The number of aryl methyl sites for hydroxylation is 1. The molecule has 0 bridgehead atoms. The van der Waals surface area contributed by atoms with Gasteiger partial charge in [-0.05, 0) is 38.4 Å². The van der Waals surface area contributed by atoms with Gasteiger partial charge in [0, 0.05) is 6.04 Å². The molecule has 0 aromatic heterocycles. The second-order valence-electron chi connectivity index (χ2n) is 3.32. The van der Waals surface area contributed by atoms with Crippen LogP contribution in [0.15, 0.2) is 24.3 Å². The van der Waals surface area contributed by atoms with Gasteiger partial charge in [0.25, 0.3) is 0 Å². The Hall–Kier alpha value is -0.820. The SMILES string of the molecule is CN[C@H](C)Cc1ccccc1C. The second-order valence-corrected chi connectivity index (χ2v) is 3.32. The molecule has 0 aliphatic carbocycles. The Morgan fingerprint density at radius 1 is 1.33 bits per heavy atom. The van der Waals surface area contributed by atoms with Gasteiger partial charge in [-0.1, -0.05) is 24.3 Å². The van der Waals surface area contributed by atoms with Crippen molar-refractivity contribution in [2.24, 2.45) is 0 Å². The Balaban J connectivity index is 2.69. The van der Waals surface area contributed by atoms with E-state index >= 15 is 0 Å². The summed E-state index contributed by atoms with van der Waals surface area (Å²) in [6, 6.07) is 9.11. The molecule has 0 spiro atoms. The smallest absolute Gasteiger partial charge is 0.00762 e. The minimum Gasteiger partial charge on any atom is -0.317 e. The molecular weight excluding hydrogens is 146 g/mol. The number of hydrogen-bond acceptors (Lipinski definition) is 1. The van der Waals surface area contributed by atoms with E-state index in [9.17, 15) is 0 Å². The lowest BCUT2D eigenvalue weighted by molar-refractivity contribution is 0.607. The molecular formula is C11H17N. The van der Waals surface area contributed by atoms with Crippen molar-refractivity contribution in [3.8, 4) is 0 Å². The number of nitrogens with one attached hydrogen (secondary N) is 1. The third kappa shape index (κ3) is 2.35. The van der Waals surface area contributed by atoms with Crippen LogP contribution in [0.3, 0.4) is 0 Å². The van der Waals surface area contributed by atoms with Crippen LogP contribution in [-0.4, -0.2) is 13.1 Å². The third-order valence-corrected chi connectivity index (χ3v) is 2.28. The molecule has 1 aromatic rings. The first kappa shape index (κ1) is 9.27. The first-order chi connectivity index (χ1) is 5.74. The highest BCUT2D eigenvalue weighted by atomic mass is 14.8. The van der Waals surface area contributed by atoms with Crippen molar-refractivity contribution in [3.63, 3.8) is 0 Å². The fourth-order valence-electron chi connectivity index (χ4n) is 1.27. The normalized spacial score (nSPS) is 12.9.